The molecule has 0 N–H and O–H groups in total. The number of rotatable bonds is 5. The van der Waals surface area contributed by atoms with E-state index < -0.39 is 0 Å². The Morgan fingerprint density at radius 1 is 1.46 bits per heavy atom. The predicted molar refractivity (Wildman–Crippen MR) is 91.5 cm³/mol. The largest absolute Gasteiger partial charge is 0.372 e. The Balaban J connectivity index is 1.48. The highest BCUT2D eigenvalue weighted by Crippen LogP contribution is 2.36. The van der Waals surface area contributed by atoms with E-state index in [1.54, 1.807) is 0 Å². The van der Waals surface area contributed by atoms with E-state index in [-0.39, 0.29) is 17.6 Å². The highest BCUT2D eigenvalue weighted by Gasteiger charge is 2.49. The van der Waals surface area contributed by atoms with Crippen molar-refractivity contribution in [1.29, 1.82) is 0 Å². The summed E-state index contributed by atoms with van der Waals surface area (Å²) in [6, 6.07) is 6.00. The van der Waals surface area contributed by atoms with Gasteiger partial charge >= 0.3 is 0 Å². The van der Waals surface area contributed by atoms with Crippen LogP contribution < -0.4 is 0 Å². The van der Waals surface area contributed by atoms with Crippen molar-refractivity contribution in [1.82, 2.24) is 9.88 Å². The fourth-order valence-electron chi connectivity index (χ4n) is 3.53. The van der Waals surface area contributed by atoms with Gasteiger partial charge in [0.05, 0.1) is 31.5 Å². The smallest absolute Gasteiger partial charge is 0.223 e. The summed E-state index contributed by atoms with van der Waals surface area (Å²) in [5, 5.41) is 0. The normalized spacial score (nSPS) is 22.7. The predicted octanol–water partition coefficient (Wildman–Crippen LogP) is 2.71. The van der Waals surface area contributed by atoms with Crippen molar-refractivity contribution < 1.29 is 14.3 Å². The van der Waals surface area contributed by atoms with E-state index in [1.807, 2.05) is 30.0 Å². The van der Waals surface area contributed by atoms with Gasteiger partial charge < -0.3 is 14.4 Å². The Bertz CT molecular complexity index is 582. The zero-order chi connectivity index (χ0) is 17.2. The number of amides is 1. The van der Waals surface area contributed by atoms with Crippen molar-refractivity contribution >= 4 is 5.91 Å². The number of ether oxygens (including phenoxy) is 2. The number of aryl methyl sites for hydroxylation is 1. The number of carbonyl (C=O) groups excluding carboxylic acids is 1. The number of carbonyl (C=O) groups is 1. The zero-order valence-electron chi connectivity index (χ0n) is 15.0. The molecule has 2 fully saturated rings. The van der Waals surface area contributed by atoms with Crippen LogP contribution in [0.1, 0.15) is 44.5 Å². The SMILES string of the molecule is Cc1cccc(COC2CCOC3(C2)CN(C(=O)CC(C)C)C3)n1. The highest BCUT2D eigenvalue weighted by molar-refractivity contribution is 5.77. The van der Waals surface area contributed by atoms with Gasteiger partial charge in [0.1, 0.15) is 5.60 Å². The van der Waals surface area contributed by atoms with Crippen LogP contribution in [0.25, 0.3) is 0 Å². The number of hydrogen-bond donors (Lipinski definition) is 0. The van der Waals surface area contributed by atoms with Gasteiger partial charge in [0, 0.05) is 25.1 Å². The summed E-state index contributed by atoms with van der Waals surface area (Å²) in [4.78, 5) is 18.5. The summed E-state index contributed by atoms with van der Waals surface area (Å²) >= 11 is 0. The average molecular weight is 332 g/mol. The van der Waals surface area contributed by atoms with Gasteiger partial charge in [-0.25, -0.2) is 0 Å². The second-order valence-corrected chi connectivity index (χ2v) is 7.58. The van der Waals surface area contributed by atoms with Gasteiger partial charge in [-0.15, -0.1) is 0 Å². The minimum absolute atomic E-state index is 0.184. The van der Waals surface area contributed by atoms with E-state index in [1.165, 1.54) is 0 Å². The first kappa shape index (κ1) is 17.4. The average Bonchev–Trinajstić information content (AvgIpc) is 2.50. The standard InChI is InChI=1S/C19H28N2O3/c1-14(2)9-18(22)21-12-19(13-21)10-17(7-8-24-19)23-11-16-6-4-5-15(3)20-16/h4-6,14,17H,7-13H2,1-3H3. The maximum atomic E-state index is 12.1. The highest BCUT2D eigenvalue weighted by atomic mass is 16.5. The molecule has 0 radical (unpaired) electrons. The topological polar surface area (TPSA) is 51.7 Å². The Labute approximate surface area is 144 Å². The monoisotopic (exact) mass is 332 g/mol. The third-order valence-corrected chi connectivity index (χ3v) is 4.75. The third kappa shape index (κ3) is 4.14. The Kier molecular flexibility index (Phi) is 5.21. The van der Waals surface area contributed by atoms with Crippen molar-refractivity contribution in [2.75, 3.05) is 19.7 Å². The van der Waals surface area contributed by atoms with Crippen LogP contribution in [0.4, 0.5) is 0 Å². The molecular weight excluding hydrogens is 304 g/mol. The molecule has 0 aliphatic carbocycles. The molecule has 0 aromatic carbocycles. The molecule has 2 aliphatic rings. The van der Waals surface area contributed by atoms with E-state index in [9.17, 15) is 4.79 Å². The van der Waals surface area contributed by atoms with Crippen LogP contribution in [-0.2, 0) is 20.9 Å². The van der Waals surface area contributed by atoms with Gasteiger partial charge in [0.25, 0.3) is 0 Å². The summed E-state index contributed by atoms with van der Waals surface area (Å²) in [5.41, 5.74) is 1.80. The van der Waals surface area contributed by atoms with E-state index in [4.69, 9.17) is 9.47 Å². The second-order valence-electron chi connectivity index (χ2n) is 7.58. The molecule has 2 saturated heterocycles. The zero-order valence-corrected chi connectivity index (χ0v) is 15.0. The lowest BCUT2D eigenvalue weighted by atomic mass is 9.84. The first-order valence-corrected chi connectivity index (χ1v) is 8.92. The molecule has 5 nitrogen and oxygen atoms in total. The molecular formula is C19H28N2O3. The van der Waals surface area contributed by atoms with Crippen LogP contribution in [0.5, 0.6) is 0 Å². The second kappa shape index (κ2) is 7.19. The van der Waals surface area contributed by atoms with Gasteiger partial charge in [0.15, 0.2) is 0 Å². The van der Waals surface area contributed by atoms with Gasteiger partial charge in [-0.1, -0.05) is 19.9 Å². The van der Waals surface area contributed by atoms with Crippen molar-refractivity contribution in [3.63, 3.8) is 0 Å². The number of pyridine rings is 1. The van der Waals surface area contributed by atoms with Crippen LogP contribution in [0, 0.1) is 12.8 Å². The third-order valence-electron chi connectivity index (χ3n) is 4.75. The molecule has 1 amide bonds. The molecule has 132 valence electrons. The van der Waals surface area contributed by atoms with Gasteiger partial charge in [-0.05, 0) is 31.4 Å². The number of likely N-dealkylation sites (tertiary alicyclic amines) is 1. The molecule has 1 atom stereocenters. The number of nitrogens with zero attached hydrogens (tertiary/aromatic N) is 2. The van der Waals surface area contributed by atoms with E-state index >= 15 is 0 Å². The maximum Gasteiger partial charge on any atom is 0.223 e. The molecule has 0 saturated carbocycles. The molecule has 1 unspecified atom stereocenters. The van der Waals surface area contributed by atoms with Gasteiger partial charge in [-0.3, -0.25) is 9.78 Å². The van der Waals surface area contributed by atoms with Crippen molar-refractivity contribution in [3.8, 4) is 0 Å². The Morgan fingerprint density at radius 3 is 2.96 bits per heavy atom. The molecule has 3 heterocycles. The summed E-state index contributed by atoms with van der Waals surface area (Å²) in [5.74, 6) is 0.644. The Morgan fingerprint density at radius 2 is 2.25 bits per heavy atom. The van der Waals surface area contributed by atoms with Crippen LogP contribution in [0.3, 0.4) is 0 Å². The van der Waals surface area contributed by atoms with Gasteiger partial charge in [-0.2, -0.15) is 0 Å². The quantitative estimate of drug-likeness (QED) is 0.832. The molecule has 1 spiro atoms. The Hall–Kier alpha value is -1.46. The van der Waals surface area contributed by atoms with Crippen molar-refractivity contribution in [3.05, 3.63) is 29.6 Å². The molecule has 1 aromatic rings. The molecule has 2 aliphatic heterocycles. The van der Waals surface area contributed by atoms with E-state index in [2.05, 4.69) is 18.8 Å². The summed E-state index contributed by atoms with van der Waals surface area (Å²) in [7, 11) is 0. The van der Waals surface area contributed by atoms with Gasteiger partial charge in [0.2, 0.25) is 5.91 Å². The van der Waals surface area contributed by atoms with Crippen molar-refractivity contribution in [2.24, 2.45) is 5.92 Å². The first-order chi connectivity index (χ1) is 11.5. The first-order valence-electron chi connectivity index (χ1n) is 8.92. The molecule has 24 heavy (non-hydrogen) atoms. The van der Waals surface area contributed by atoms with E-state index in [0.717, 1.165) is 24.2 Å². The lowest BCUT2D eigenvalue weighted by Crippen LogP contribution is -2.67. The van der Waals surface area contributed by atoms with Crippen LogP contribution in [0.15, 0.2) is 18.2 Å². The molecule has 0 bridgehead atoms. The number of hydrogen-bond acceptors (Lipinski definition) is 4. The molecule has 5 heteroatoms. The van der Waals surface area contributed by atoms with Crippen LogP contribution in [0.2, 0.25) is 0 Å². The van der Waals surface area contributed by atoms with Crippen LogP contribution >= 0.6 is 0 Å². The summed E-state index contributed by atoms with van der Waals surface area (Å²) < 4.78 is 12.1. The molecule has 1 aromatic heterocycles. The van der Waals surface area contributed by atoms with E-state index in [0.29, 0.717) is 38.6 Å². The van der Waals surface area contributed by atoms with Crippen molar-refractivity contribution in [2.45, 2.75) is 58.3 Å². The lowest BCUT2D eigenvalue weighted by Gasteiger charge is -2.53. The fraction of sp³-hybridized carbons (Fsp3) is 0.684. The maximum absolute atomic E-state index is 12.1. The fourth-order valence-corrected chi connectivity index (χ4v) is 3.53. The minimum atomic E-state index is -0.185. The molecule has 3 rings (SSSR count). The summed E-state index contributed by atoms with van der Waals surface area (Å²) in [6.45, 7) is 8.81. The van der Waals surface area contributed by atoms with Crippen LogP contribution in [-0.4, -0.2) is 47.2 Å². The number of aromatic nitrogens is 1. The lowest BCUT2D eigenvalue weighted by molar-refractivity contribution is -0.203. The minimum Gasteiger partial charge on any atom is -0.372 e. The summed E-state index contributed by atoms with van der Waals surface area (Å²) in [6.07, 6.45) is 2.58.